The van der Waals surface area contributed by atoms with E-state index in [1.54, 1.807) is 25.6 Å². The number of aliphatic carboxylic acids is 2. The molecule has 0 saturated heterocycles. The molecule has 0 saturated carbocycles. The third-order valence-electron chi connectivity index (χ3n) is 2.06. The second kappa shape index (κ2) is 20.3. The molecule has 0 aliphatic carbocycles. The van der Waals surface area contributed by atoms with E-state index in [1.165, 1.54) is 6.08 Å². The highest BCUT2D eigenvalue weighted by Crippen LogP contribution is 2.08. The Hall–Kier alpha value is -0.700. The molecule has 132 valence electrons. The lowest BCUT2D eigenvalue weighted by molar-refractivity contribution is -0.141. The van der Waals surface area contributed by atoms with Crippen molar-refractivity contribution >= 4 is 36.3 Å². The topological polar surface area (TPSA) is 115 Å². The Kier molecular flexibility index (Phi) is 24.2. The number of carboxylic acid groups (broad SMARTS) is 2. The Bertz CT molecular complexity index is 287. The fourth-order valence-electron chi connectivity index (χ4n) is 0.576. The summed E-state index contributed by atoms with van der Waals surface area (Å²) in [5.41, 5.74) is 0. The molecule has 0 aromatic carbocycles. The molecule has 0 fully saturated rings. The maximum atomic E-state index is 10.3. The van der Waals surface area contributed by atoms with Gasteiger partial charge in [0.2, 0.25) is 0 Å². The van der Waals surface area contributed by atoms with E-state index in [-0.39, 0.29) is 25.0 Å². The second-order valence-electron chi connectivity index (χ2n) is 4.28. The van der Waals surface area contributed by atoms with Gasteiger partial charge in [-0.3, -0.25) is 9.59 Å². The van der Waals surface area contributed by atoms with Crippen LogP contribution in [0, 0.1) is 11.8 Å². The van der Waals surface area contributed by atoms with Gasteiger partial charge < -0.3 is 20.4 Å². The van der Waals surface area contributed by atoms with Crippen LogP contribution >= 0.6 is 24.4 Å². The number of aliphatic hydroxyl groups is 2. The van der Waals surface area contributed by atoms with Crippen molar-refractivity contribution in [2.75, 3.05) is 30.5 Å². The zero-order valence-electron chi connectivity index (χ0n) is 13.1. The zero-order valence-corrected chi connectivity index (χ0v) is 14.9. The minimum Gasteiger partial charge on any atom is -0.481 e. The van der Waals surface area contributed by atoms with Gasteiger partial charge in [-0.15, -0.1) is 6.58 Å². The molecule has 0 aliphatic heterocycles. The standard InChI is InChI=1S/C7H14O3S.C4H8O2S.C3H6O/c1-6(7(9)10)5-11-4-2-3-8;1-3(2-7)4(5)6;1-2-3-4/h6,8H,2-5H2,1H3,(H,9,10);3,7H,2H2,1H3,(H,5,6);2,4H,1,3H2/t6-;3-;/m00./s1. The van der Waals surface area contributed by atoms with Crippen molar-refractivity contribution < 1.29 is 30.0 Å². The Balaban J connectivity index is -0.000000280. The molecule has 0 amide bonds. The Labute approximate surface area is 142 Å². The number of aliphatic hydroxyl groups excluding tert-OH is 2. The summed E-state index contributed by atoms with van der Waals surface area (Å²) in [7, 11) is 0. The maximum absolute atomic E-state index is 10.3. The molecule has 0 aromatic heterocycles. The highest BCUT2D eigenvalue weighted by Gasteiger charge is 2.09. The van der Waals surface area contributed by atoms with Crippen molar-refractivity contribution in [3.8, 4) is 0 Å². The fourth-order valence-corrected chi connectivity index (χ4v) is 1.73. The SMILES string of the molecule is C=CCO.C[C@@H](CS)C(=O)O.C[C@@H](CSCCCO)C(=O)O. The van der Waals surface area contributed by atoms with Gasteiger partial charge in [-0.25, -0.2) is 0 Å². The van der Waals surface area contributed by atoms with Crippen molar-refractivity contribution in [3.05, 3.63) is 12.7 Å². The summed E-state index contributed by atoms with van der Waals surface area (Å²) in [4.78, 5) is 20.2. The van der Waals surface area contributed by atoms with Crippen LogP contribution in [0.15, 0.2) is 12.7 Å². The lowest BCUT2D eigenvalue weighted by Crippen LogP contribution is -2.12. The van der Waals surface area contributed by atoms with Crippen LogP contribution in [0.3, 0.4) is 0 Å². The molecule has 2 atom stereocenters. The second-order valence-corrected chi connectivity index (χ2v) is 5.80. The minimum absolute atomic E-state index is 0.0833. The highest BCUT2D eigenvalue weighted by molar-refractivity contribution is 7.99. The summed E-state index contributed by atoms with van der Waals surface area (Å²) < 4.78 is 0. The van der Waals surface area contributed by atoms with Gasteiger partial charge in [0.1, 0.15) is 0 Å². The molecule has 0 radical (unpaired) electrons. The average Bonchev–Trinajstić information content (AvgIpc) is 2.51. The van der Waals surface area contributed by atoms with Gasteiger partial charge in [-0.1, -0.05) is 19.9 Å². The fraction of sp³-hybridized carbons (Fsp3) is 0.714. The minimum atomic E-state index is -0.782. The van der Waals surface area contributed by atoms with Crippen LogP contribution in [0.1, 0.15) is 20.3 Å². The molecular weight excluding hydrogens is 328 g/mol. The maximum Gasteiger partial charge on any atom is 0.307 e. The van der Waals surface area contributed by atoms with Crippen molar-refractivity contribution in [1.29, 1.82) is 0 Å². The molecule has 0 spiro atoms. The van der Waals surface area contributed by atoms with Crippen molar-refractivity contribution in [3.63, 3.8) is 0 Å². The molecule has 22 heavy (non-hydrogen) atoms. The Morgan fingerprint density at radius 3 is 1.86 bits per heavy atom. The summed E-state index contributed by atoms with van der Waals surface area (Å²) in [6, 6.07) is 0. The first-order valence-corrected chi connectivity index (χ1v) is 8.53. The molecule has 0 unspecified atom stereocenters. The molecule has 0 aromatic rings. The van der Waals surface area contributed by atoms with Crippen molar-refractivity contribution in [2.24, 2.45) is 11.8 Å². The molecule has 0 bridgehead atoms. The Morgan fingerprint density at radius 1 is 1.18 bits per heavy atom. The van der Waals surface area contributed by atoms with Crippen LogP contribution in [-0.4, -0.2) is 62.8 Å². The van der Waals surface area contributed by atoms with E-state index in [0.29, 0.717) is 11.5 Å². The number of hydrogen-bond acceptors (Lipinski definition) is 6. The van der Waals surface area contributed by atoms with Crippen LogP contribution in [0.5, 0.6) is 0 Å². The van der Waals surface area contributed by atoms with Crippen LogP contribution < -0.4 is 0 Å². The van der Waals surface area contributed by atoms with E-state index in [1.807, 2.05) is 0 Å². The summed E-state index contributed by atoms with van der Waals surface area (Å²) in [6.45, 7) is 6.81. The van der Waals surface area contributed by atoms with E-state index < -0.39 is 11.9 Å². The number of carbonyl (C=O) groups is 2. The highest BCUT2D eigenvalue weighted by atomic mass is 32.2. The van der Waals surface area contributed by atoms with Gasteiger partial charge in [0, 0.05) is 18.1 Å². The number of rotatable bonds is 9. The molecule has 8 heteroatoms. The summed E-state index contributed by atoms with van der Waals surface area (Å²) in [5, 5.41) is 32.8. The summed E-state index contributed by atoms with van der Waals surface area (Å²) in [5.74, 6) is -0.239. The zero-order chi connectivity index (χ0) is 18.0. The van der Waals surface area contributed by atoms with Gasteiger partial charge in [-0.2, -0.15) is 24.4 Å². The van der Waals surface area contributed by atoms with Gasteiger partial charge in [0.25, 0.3) is 0 Å². The first-order chi connectivity index (χ1) is 10.3. The number of thioether (sulfide) groups is 1. The quantitative estimate of drug-likeness (QED) is 0.242. The van der Waals surface area contributed by atoms with Crippen LogP contribution in [0.25, 0.3) is 0 Å². The first kappa shape index (κ1) is 26.2. The molecular formula is C14H28O6S2. The van der Waals surface area contributed by atoms with E-state index >= 15 is 0 Å². The predicted molar refractivity (Wildman–Crippen MR) is 93.8 cm³/mol. The van der Waals surface area contributed by atoms with Gasteiger partial charge >= 0.3 is 11.9 Å². The average molecular weight is 357 g/mol. The lowest BCUT2D eigenvalue weighted by atomic mass is 10.2. The van der Waals surface area contributed by atoms with Crippen molar-refractivity contribution in [1.82, 2.24) is 0 Å². The van der Waals surface area contributed by atoms with Gasteiger partial charge in [0.05, 0.1) is 18.4 Å². The molecule has 4 N–H and O–H groups in total. The van der Waals surface area contributed by atoms with Crippen LogP contribution in [-0.2, 0) is 9.59 Å². The van der Waals surface area contributed by atoms with E-state index in [4.69, 9.17) is 20.4 Å². The number of thiol groups is 1. The largest absolute Gasteiger partial charge is 0.481 e. The van der Waals surface area contributed by atoms with Crippen LogP contribution in [0.2, 0.25) is 0 Å². The predicted octanol–water partition coefficient (Wildman–Crippen LogP) is 1.62. The lowest BCUT2D eigenvalue weighted by Gasteiger charge is -2.03. The van der Waals surface area contributed by atoms with Gasteiger partial charge in [0.15, 0.2) is 0 Å². The third kappa shape index (κ3) is 24.3. The first-order valence-electron chi connectivity index (χ1n) is 6.75. The third-order valence-corrected chi connectivity index (χ3v) is 3.92. The molecule has 0 aliphatic rings. The molecule has 0 heterocycles. The number of carboxylic acids is 2. The smallest absolute Gasteiger partial charge is 0.307 e. The Morgan fingerprint density at radius 2 is 1.64 bits per heavy atom. The van der Waals surface area contributed by atoms with Gasteiger partial charge in [-0.05, 0) is 12.2 Å². The van der Waals surface area contributed by atoms with Crippen molar-refractivity contribution in [2.45, 2.75) is 20.3 Å². The van der Waals surface area contributed by atoms with E-state index in [9.17, 15) is 9.59 Å². The summed E-state index contributed by atoms with van der Waals surface area (Å²) in [6.07, 6.45) is 2.18. The van der Waals surface area contributed by atoms with E-state index in [0.717, 1.165) is 12.2 Å². The molecule has 6 nitrogen and oxygen atoms in total. The van der Waals surface area contributed by atoms with E-state index in [2.05, 4.69) is 19.2 Å². The number of hydrogen-bond donors (Lipinski definition) is 5. The normalized spacial score (nSPS) is 11.9. The summed E-state index contributed by atoms with van der Waals surface area (Å²) >= 11 is 5.35. The monoisotopic (exact) mass is 356 g/mol. The molecule has 0 rings (SSSR count). The van der Waals surface area contributed by atoms with Crippen LogP contribution in [0.4, 0.5) is 0 Å².